The van der Waals surface area contributed by atoms with Gasteiger partial charge < -0.3 is 19.2 Å². The number of cyclic esters (lactones) is 1. The molecule has 2 amide bonds. The van der Waals surface area contributed by atoms with Gasteiger partial charge in [-0.25, -0.2) is 9.59 Å². The number of rotatable bonds is 4. The fraction of sp³-hybridized carbons (Fsp3) is 0.812. The van der Waals surface area contributed by atoms with Gasteiger partial charge >= 0.3 is 12.2 Å². The molecule has 2 aliphatic heterocycles. The lowest BCUT2D eigenvalue weighted by atomic mass is 9.93. The van der Waals surface area contributed by atoms with E-state index in [4.69, 9.17) is 9.47 Å². The molecule has 2 rings (SSSR count). The van der Waals surface area contributed by atoms with E-state index >= 15 is 0 Å². The Kier molecular flexibility index (Phi) is 5.49. The number of nitrogens with zero attached hydrogens (tertiary/aromatic N) is 2. The van der Waals surface area contributed by atoms with E-state index in [1.54, 1.807) is 4.90 Å². The number of hydrogen-bond acceptors (Lipinski definition) is 5. The van der Waals surface area contributed by atoms with Crippen LogP contribution in [-0.2, 0) is 14.3 Å². The van der Waals surface area contributed by atoms with E-state index in [2.05, 4.69) is 0 Å². The van der Waals surface area contributed by atoms with Crippen molar-refractivity contribution < 1.29 is 23.9 Å². The van der Waals surface area contributed by atoms with Crippen LogP contribution in [0.2, 0.25) is 0 Å². The summed E-state index contributed by atoms with van der Waals surface area (Å²) in [4.78, 5) is 37.7. The van der Waals surface area contributed by atoms with Crippen LogP contribution < -0.4 is 0 Å². The molecule has 1 unspecified atom stereocenters. The van der Waals surface area contributed by atoms with Crippen LogP contribution in [0, 0.1) is 5.92 Å². The summed E-state index contributed by atoms with van der Waals surface area (Å²) in [7, 11) is 0. The predicted octanol–water partition coefficient (Wildman–Crippen LogP) is 2.04. The average molecular weight is 326 g/mol. The number of aldehydes is 1. The van der Waals surface area contributed by atoms with Crippen molar-refractivity contribution in [2.75, 3.05) is 26.2 Å². The Labute approximate surface area is 136 Å². The monoisotopic (exact) mass is 326 g/mol. The number of ether oxygens (including phenoxy) is 2. The molecule has 2 aliphatic rings. The van der Waals surface area contributed by atoms with E-state index in [-0.39, 0.29) is 12.7 Å². The van der Waals surface area contributed by atoms with E-state index < -0.39 is 17.7 Å². The normalized spacial score (nSPS) is 22.9. The van der Waals surface area contributed by atoms with Gasteiger partial charge in [0.25, 0.3) is 0 Å². The Hall–Kier alpha value is -1.79. The second kappa shape index (κ2) is 7.19. The van der Waals surface area contributed by atoms with E-state index in [0.717, 1.165) is 25.5 Å². The quantitative estimate of drug-likeness (QED) is 0.739. The summed E-state index contributed by atoms with van der Waals surface area (Å²) in [5, 5.41) is 0. The summed E-state index contributed by atoms with van der Waals surface area (Å²) in [6.07, 6.45) is 2.67. The van der Waals surface area contributed by atoms with Gasteiger partial charge in [0, 0.05) is 19.6 Å². The second-order valence-electron chi connectivity index (χ2n) is 7.17. The molecular weight excluding hydrogens is 300 g/mol. The molecule has 2 fully saturated rings. The van der Waals surface area contributed by atoms with Crippen molar-refractivity contribution in [2.45, 2.75) is 51.7 Å². The molecule has 0 radical (unpaired) electrons. The molecule has 0 bridgehead atoms. The van der Waals surface area contributed by atoms with Crippen molar-refractivity contribution in [3.05, 3.63) is 0 Å². The lowest BCUT2D eigenvalue weighted by Crippen LogP contribution is -2.42. The molecule has 0 saturated carbocycles. The first kappa shape index (κ1) is 17.6. The number of hydrogen-bond donors (Lipinski definition) is 0. The van der Waals surface area contributed by atoms with Crippen LogP contribution in [0.5, 0.6) is 0 Å². The van der Waals surface area contributed by atoms with Gasteiger partial charge in [-0.05, 0) is 46.0 Å². The predicted molar refractivity (Wildman–Crippen MR) is 83.1 cm³/mol. The molecule has 0 aromatic heterocycles. The number of carbonyl (C=O) groups excluding carboxylic acids is 3. The molecule has 130 valence electrons. The number of amides is 2. The van der Waals surface area contributed by atoms with Crippen LogP contribution in [0.25, 0.3) is 0 Å². The molecule has 2 heterocycles. The van der Waals surface area contributed by atoms with E-state index in [9.17, 15) is 14.4 Å². The Balaban J connectivity index is 1.73. The highest BCUT2D eigenvalue weighted by molar-refractivity contribution is 5.76. The van der Waals surface area contributed by atoms with Crippen LogP contribution in [-0.4, -0.2) is 66.2 Å². The van der Waals surface area contributed by atoms with E-state index in [1.807, 2.05) is 20.8 Å². The van der Waals surface area contributed by atoms with Crippen LogP contribution in [0.4, 0.5) is 9.59 Å². The zero-order valence-electron chi connectivity index (χ0n) is 14.1. The lowest BCUT2D eigenvalue weighted by molar-refractivity contribution is -0.111. The minimum Gasteiger partial charge on any atom is -0.447 e. The van der Waals surface area contributed by atoms with Gasteiger partial charge in [0.05, 0.1) is 0 Å². The second-order valence-corrected chi connectivity index (χ2v) is 7.17. The van der Waals surface area contributed by atoms with Gasteiger partial charge in [0.1, 0.15) is 24.5 Å². The third-order valence-corrected chi connectivity index (χ3v) is 4.21. The van der Waals surface area contributed by atoms with Gasteiger partial charge in [0.2, 0.25) is 0 Å². The highest BCUT2D eigenvalue weighted by Gasteiger charge is 2.33. The fourth-order valence-corrected chi connectivity index (χ4v) is 2.89. The smallest absolute Gasteiger partial charge is 0.410 e. The molecule has 2 saturated heterocycles. The molecule has 0 aromatic carbocycles. The van der Waals surface area contributed by atoms with Crippen molar-refractivity contribution in [1.29, 1.82) is 0 Å². The minimum atomic E-state index is -0.478. The van der Waals surface area contributed by atoms with Gasteiger partial charge in [-0.15, -0.1) is 0 Å². The van der Waals surface area contributed by atoms with Gasteiger partial charge in [0.15, 0.2) is 0 Å². The first-order valence-electron chi connectivity index (χ1n) is 8.17. The van der Waals surface area contributed by atoms with E-state index in [0.29, 0.717) is 25.6 Å². The summed E-state index contributed by atoms with van der Waals surface area (Å²) >= 11 is 0. The molecule has 1 atom stereocenters. The summed E-state index contributed by atoms with van der Waals surface area (Å²) in [5.41, 5.74) is -0.478. The summed E-state index contributed by atoms with van der Waals surface area (Å²) in [6, 6.07) is -0.454. The molecule has 0 spiro atoms. The van der Waals surface area contributed by atoms with Crippen molar-refractivity contribution >= 4 is 18.5 Å². The Morgan fingerprint density at radius 2 is 2.00 bits per heavy atom. The Morgan fingerprint density at radius 3 is 2.57 bits per heavy atom. The minimum absolute atomic E-state index is 0.152. The zero-order chi connectivity index (χ0) is 17.0. The zero-order valence-corrected chi connectivity index (χ0v) is 14.1. The average Bonchev–Trinajstić information content (AvgIpc) is 2.84. The molecule has 7 heteroatoms. The number of carbonyl (C=O) groups is 3. The largest absolute Gasteiger partial charge is 0.447 e. The maximum absolute atomic E-state index is 12.0. The van der Waals surface area contributed by atoms with Crippen molar-refractivity contribution in [2.24, 2.45) is 5.92 Å². The first-order chi connectivity index (χ1) is 10.8. The number of piperidine rings is 1. The van der Waals surface area contributed by atoms with Gasteiger partial charge in [-0.1, -0.05) is 0 Å². The SMILES string of the molecule is CC(C)(C)OC(=O)N1CCC(CCN2C(=O)OCC2C=O)CC1. The first-order valence-corrected chi connectivity index (χ1v) is 8.17. The lowest BCUT2D eigenvalue weighted by Gasteiger charge is -2.34. The molecule has 7 nitrogen and oxygen atoms in total. The molecule has 0 aliphatic carbocycles. The fourth-order valence-electron chi connectivity index (χ4n) is 2.89. The summed E-state index contributed by atoms with van der Waals surface area (Å²) in [6.45, 7) is 7.59. The molecular formula is C16H26N2O5. The topological polar surface area (TPSA) is 76.2 Å². The Morgan fingerprint density at radius 1 is 1.35 bits per heavy atom. The third kappa shape index (κ3) is 4.84. The maximum atomic E-state index is 12.0. The third-order valence-electron chi connectivity index (χ3n) is 4.21. The van der Waals surface area contributed by atoms with E-state index in [1.165, 1.54) is 4.90 Å². The summed E-state index contributed by atoms with van der Waals surface area (Å²) < 4.78 is 10.3. The van der Waals surface area contributed by atoms with Gasteiger partial charge in [-0.3, -0.25) is 4.90 Å². The van der Waals surface area contributed by atoms with Crippen molar-refractivity contribution in [3.63, 3.8) is 0 Å². The highest BCUT2D eigenvalue weighted by atomic mass is 16.6. The highest BCUT2D eigenvalue weighted by Crippen LogP contribution is 2.23. The van der Waals surface area contributed by atoms with Crippen LogP contribution in [0.1, 0.15) is 40.0 Å². The van der Waals surface area contributed by atoms with Crippen LogP contribution >= 0.6 is 0 Å². The van der Waals surface area contributed by atoms with Gasteiger partial charge in [-0.2, -0.15) is 0 Å². The summed E-state index contributed by atoms with van der Waals surface area (Å²) in [5.74, 6) is 0.439. The van der Waals surface area contributed by atoms with Crippen molar-refractivity contribution in [3.8, 4) is 0 Å². The van der Waals surface area contributed by atoms with Crippen molar-refractivity contribution in [1.82, 2.24) is 9.80 Å². The Bertz CT molecular complexity index is 452. The van der Waals surface area contributed by atoms with Crippen LogP contribution in [0.15, 0.2) is 0 Å². The number of likely N-dealkylation sites (tertiary alicyclic amines) is 1. The molecule has 0 N–H and O–H groups in total. The molecule has 0 aromatic rings. The van der Waals surface area contributed by atoms with Crippen LogP contribution in [0.3, 0.4) is 0 Å². The maximum Gasteiger partial charge on any atom is 0.410 e. The molecule has 23 heavy (non-hydrogen) atoms. The standard InChI is InChI=1S/C16H26N2O5/c1-16(2,3)23-14(20)17-7-4-12(5-8-17)6-9-18-13(10-19)11-22-15(18)21/h10,12-13H,4-9,11H2,1-3H3.